The molecule has 0 unspecified atom stereocenters. The Morgan fingerprint density at radius 2 is 1.44 bits per heavy atom. The number of carbonyl (C=O) groups is 3. The minimum atomic E-state index is -1.25. The highest BCUT2D eigenvalue weighted by Gasteiger charge is 2.11. The highest BCUT2D eigenvalue weighted by Crippen LogP contribution is 2.15. The summed E-state index contributed by atoms with van der Waals surface area (Å²) in [6.07, 6.45) is 0. The Hall–Kier alpha value is -2.37. The van der Waals surface area contributed by atoms with Gasteiger partial charge in [-0.15, -0.1) is 0 Å². The van der Waals surface area contributed by atoms with E-state index in [1.807, 2.05) is 0 Å². The lowest BCUT2D eigenvalue weighted by molar-refractivity contribution is -0.114. The van der Waals surface area contributed by atoms with E-state index in [-0.39, 0.29) is 16.8 Å². The second kappa shape index (κ2) is 4.43. The molecule has 0 aliphatic heterocycles. The normalized spacial score (nSPS) is 9.56. The van der Waals surface area contributed by atoms with Gasteiger partial charge in [0.05, 0.1) is 11.1 Å². The molecule has 16 heavy (non-hydrogen) atoms. The number of rotatable bonds is 3. The molecule has 0 saturated carbocycles. The second-order valence-electron chi connectivity index (χ2n) is 3.09. The number of amides is 1. The Bertz CT molecular complexity index is 434. The van der Waals surface area contributed by atoms with Crippen LogP contribution in [0.2, 0.25) is 0 Å². The fourth-order valence-electron chi connectivity index (χ4n) is 1.15. The molecule has 3 N–H and O–H groups in total. The molecule has 6 nitrogen and oxygen atoms in total. The van der Waals surface area contributed by atoms with E-state index >= 15 is 0 Å². The summed E-state index contributed by atoms with van der Waals surface area (Å²) in [6, 6.07) is 3.41. The molecule has 0 bridgehead atoms. The molecular weight excluding hydrogens is 214 g/mol. The van der Waals surface area contributed by atoms with Gasteiger partial charge in [-0.1, -0.05) is 0 Å². The van der Waals surface area contributed by atoms with Crippen molar-refractivity contribution in [3.05, 3.63) is 29.3 Å². The van der Waals surface area contributed by atoms with Crippen molar-refractivity contribution in [2.24, 2.45) is 0 Å². The standard InChI is InChI=1S/C10H9NO5/c1-5(12)11-8-3-6(9(13)14)2-7(4-8)10(15)16/h2-4H,1H3,(H,11,12)(H,13,14)(H,15,16). The van der Waals surface area contributed by atoms with Crippen molar-refractivity contribution in [2.75, 3.05) is 5.32 Å². The van der Waals surface area contributed by atoms with Crippen LogP contribution in [0.3, 0.4) is 0 Å². The van der Waals surface area contributed by atoms with Crippen molar-refractivity contribution in [1.29, 1.82) is 0 Å². The Morgan fingerprint density at radius 3 is 1.75 bits per heavy atom. The third kappa shape index (κ3) is 2.81. The van der Waals surface area contributed by atoms with Crippen molar-refractivity contribution < 1.29 is 24.6 Å². The van der Waals surface area contributed by atoms with Crippen LogP contribution in [0.5, 0.6) is 0 Å². The third-order valence-electron chi connectivity index (χ3n) is 1.75. The zero-order chi connectivity index (χ0) is 12.3. The summed E-state index contributed by atoms with van der Waals surface area (Å²) in [6.45, 7) is 1.24. The highest BCUT2D eigenvalue weighted by molar-refractivity contribution is 5.97. The number of carboxylic acid groups (broad SMARTS) is 2. The summed E-state index contributed by atoms with van der Waals surface area (Å²) < 4.78 is 0. The zero-order valence-corrected chi connectivity index (χ0v) is 8.35. The van der Waals surface area contributed by atoms with Crippen LogP contribution < -0.4 is 5.32 Å². The van der Waals surface area contributed by atoms with Gasteiger partial charge in [-0.2, -0.15) is 0 Å². The SMILES string of the molecule is CC(=O)Nc1cc(C(=O)O)cc(C(=O)O)c1. The van der Waals surface area contributed by atoms with E-state index < -0.39 is 17.8 Å². The van der Waals surface area contributed by atoms with Gasteiger partial charge in [0.1, 0.15) is 0 Å². The zero-order valence-electron chi connectivity index (χ0n) is 8.35. The fraction of sp³-hybridized carbons (Fsp3) is 0.100. The number of nitrogens with one attached hydrogen (secondary N) is 1. The maximum Gasteiger partial charge on any atom is 0.335 e. The minimum Gasteiger partial charge on any atom is -0.478 e. The first-order valence-corrected chi connectivity index (χ1v) is 4.29. The van der Waals surface area contributed by atoms with Crippen LogP contribution in [0.1, 0.15) is 27.6 Å². The first kappa shape index (κ1) is 11.7. The van der Waals surface area contributed by atoms with Gasteiger partial charge in [-0.05, 0) is 18.2 Å². The predicted molar refractivity (Wildman–Crippen MR) is 54.7 cm³/mol. The molecule has 1 rings (SSSR count). The van der Waals surface area contributed by atoms with Crippen LogP contribution in [0.15, 0.2) is 18.2 Å². The number of anilines is 1. The van der Waals surface area contributed by atoms with Crippen molar-refractivity contribution >= 4 is 23.5 Å². The lowest BCUT2D eigenvalue weighted by Gasteiger charge is -2.05. The highest BCUT2D eigenvalue weighted by atomic mass is 16.4. The molecule has 0 aliphatic rings. The van der Waals surface area contributed by atoms with Crippen LogP contribution in [-0.4, -0.2) is 28.1 Å². The molecule has 0 saturated heterocycles. The van der Waals surface area contributed by atoms with E-state index in [4.69, 9.17) is 10.2 Å². The Morgan fingerprint density at radius 1 is 1.00 bits per heavy atom. The molecule has 1 amide bonds. The van der Waals surface area contributed by atoms with Crippen LogP contribution in [0, 0.1) is 0 Å². The lowest BCUT2D eigenvalue weighted by atomic mass is 10.1. The van der Waals surface area contributed by atoms with Crippen molar-refractivity contribution in [1.82, 2.24) is 0 Å². The van der Waals surface area contributed by atoms with E-state index in [9.17, 15) is 14.4 Å². The van der Waals surface area contributed by atoms with Crippen LogP contribution in [0.25, 0.3) is 0 Å². The molecule has 1 aromatic carbocycles. The molecule has 6 heteroatoms. The van der Waals surface area contributed by atoms with E-state index in [0.717, 1.165) is 6.07 Å². The van der Waals surface area contributed by atoms with Crippen molar-refractivity contribution in [3.8, 4) is 0 Å². The molecular formula is C10H9NO5. The first-order valence-electron chi connectivity index (χ1n) is 4.29. The molecule has 0 heterocycles. The van der Waals surface area contributed by atoms with Crippen molar-refractivity contribution in [3.63, 3.8) is 0 Å². The van der Waals surface area contributed by atoms with Gasteiger partial charge >= 0.3 is 11.9 Å². The molecule has 0 spiro atoms. The Balaban J connectivity index is 3.23. The number of carbonyl (C=O) groups excluding carboxylic acids is 1. The minimum absolute atomic E-state index is 0.143. The molecule has 0 radical (unpaired) electrons. The maximum absolute atomic E-state index is 10.8. The van der Waals surface area contributed by atoms with Gasteiger partial charge in [-0.25, -0.2) is 9.59 Å². The van der Waals surface area contributed by atoms with Gasteiger partial charge in [-0.3, -0.25) is 4.79 Å². The molecule has 1 aromatic rings. The van der Waals surface area contributed by atoms with Crippen molar-refractivity contribution in [2.45, 2.75) is 6.92 Å². The van der Waals surface area contributed by atoms with E-state index in [2.05, 4.69) is 5.32 Å². The monoisotopic (exact) mass is 223 g/mol. The molecule has 0 fully saturated rings. The number of hydrogen-bond acceptors (Lipinski definition) is 3. The molecule has 84 valence electrons. The third-order valence-corrected chi connectivity index (χ3v) is 1.75. The number of hydrogen-bond donors (Lipinski definition) is 3. The average molecular weight is 223 g/mol. The van der Waals surface area contributed by atoms with Crippen LogP contribution in [0.4, 0.5) is 5.69 Å². The second-order valence-corrected chi connectivity index (χ2v) is 3.09. The quantitative estimate of drug-likeness (QED) is 0.710. The molecule has 0 aliphatic carbocycles. The van der Waals surface area contributed by atoms with Gasteiger partial charge in [0.15, 0.2) is 0 Å². The van der Waals surface area contributed by atoms with Crippen LogP contribution in [-0.2, 0) is 4.79 Å². The molecule has 0 aromatic heterocycles. The van der Waals surface area contributed by atoms with E-state index in [0.29, 0.717) is 0 Å². The lowest BCUT2D eigenvalue weighted by Crippen LogP contribution is -2.09. The first-order chi connectivity index (χ1) is 7.40. The van der Waals surface area contributed by atoms with Gasteiger partial charge in [0.2, 0.25) is 5.91 Å². The Kier molecular flexibility index (Phi) is 3.24. The smallest absolute Gasteiger partial charge is 0.335 e. The van der Waals surface area contributed by atoms with E-state index in [1.165, 1.54) is 19.1 Å². The summed E-state index contributed by atoms with van der Waals surface area (Å²) >= 11 is 0. The van der Waals surface area contributed by atoms with Gasteiger partial charge in [0.25, 0.3) is 0 Å². The predicted octanol–water partition coefficient (Wildman–Crippen LogP) is 1.04. The fourth-order valence-corrected chi connectivity index (χ4v) is 1.15. The number of carboxylic acids is 2. The summed E-state index contributed by atoms with van der Waals surface area (Å²) in [5.41, 5.74) is -0.239. The number of benzene rings is 1. The average Bonchev–Trinajstić information content (AvgIpc) is 2.15. The van der Waals surface area contributed by atoms with E-state index in [1.54, 1.807) is 0 Å². The summed E-state index contributed by atoms with van der Waals surface area (Å²) in [7, 11) is 0. The van der Waals surface area contributed by atoms with Gasteiger partial charge in [0, 0.05) is 12.6 Å². The summed E-state index contributed by atoms with van der Waals surface area (Å²) in [5, 5.41) is 19.8. The molecule has 0 atom stereocenters. The number of aromatic carboxylic acids is 2. The summed E-state index contributed by atoms with van der Waals surface area (Å²) in [4.78, 5) is 32.2. The topological polar surface area (TPSA) is 104 Å². The van der Waals surface area contributed by atoms with Gasteiger partial charge < -0.3 is 15.5 Å². The Labute approximate surface area is 90.5 Å². The summed E-state index contributed by atoms with van der Waals surface area (Å²) in [5.74, 6) is -2.91. The van der Waals surface area contributed by atoms with Crippen LogP contribution >= 0.6 is 0 Å². The largest absolute Gasteiger partial charge is 0.478 e. The maximum atomic E-state index is 10.8.